The van der Waals surface area contributed by atoms with Gasteiger partial charge in [-0.15, -0.1) is 0 Å². The number of nitrogens with zero attached hydrogens (tertiary/aromatic N) is 3. The molecule has 3 atom stereocenters. The first-order valence-corrected chi connectivity index (χ1v) is 10.2. The summed E-state index contributed by atoms with van der Waals surface area (Å²) in [4.78, 5) is 22.3. The Balaban J connectivity index is 1.80. The summed E-state index contributed by atoms with van der Waals surface area (Å²) in [6, 6.07) is 12.5. The van der Waals surface area contributed by atoms with Crippen molar-refractivity contribution in [2.75, 3.05) is 33.4 Å². The molecule has 1 saturated heterocycles. The summed E-state index contributed by atoms with van der Waals surface area (Å²) in [5, 5.41) is 0. The third-order valence-electron chi connectivity index (χ3n) is 5.68. The van der Waals surface area contributed by atoms with Crippen molar-refractivity contribution in [1.29, 1.82) is 0 Å². The lowest BCUT2D eigenvalue weighted by atomic mass is 9.91. The smallest absolute Gasteiger partial charge is 0.230 e. The second-order valence-corrected chi connectivity index (χ2v) is 7.80. The number of rotatable bonds is 7. The Labute approximate surface area is 172 Å². The van der Waals surface area contributed by atoms with Crippen molar-refractivity contribution in [1.82, 2.24) is 14.8 Å². The average Bonchev–Trinajstić information content (AvgIpc) is 2.72. The largest absolute Gasteiger partial charge is 0.383 e. The van der Waals surface area contributed by atoms with Crippen molar-refractivity contribution < 1.29 is 13.9 Å². The first-order valence-electron chi connectivity index (χ1n) is 10.2. The monoisotopic (exact) mass is 399 g/mol. The average molecular weight is 400 g/mol. The zero-order valence-electron chi connectivity index (χ0n) is 17.4. The number of ether oxygens (including phenoxy) is 1. The van der Waals surface area contributed by atoms with Crippen molar-refractivity contribution in [3.05, 3.63) is 65.7 Å². The molecule has 1 aromatic heterocycles. The standard InChI is InChI=1S/C23H30FN3O2/c1-17-15-26(16-18(2)27(17)12-13-29-3)23(28)22(14-21-6-4-5-11-25-21)19-7-9-20(24)10-8-19/h4-11,17-18,22H,12-16H2,1-3H3. The van der Waals surface area contributed by atoms with Crippen molar-refractivity contribution in [3.8, 4) is 0 Å². The van der Waals surface area contributed by atoms with Gasteiger partial charge in [-0.2, -0.15) is 0 Å². The second kappa shape index (κ2) is 9.94. The van der Waals surface area contributed by atoms with Crippen LogP contribution in [0.2, 0.25) is 0 Å². The van der Waals surface area contributed by atoms with Gasteiger partial charge in [0.05, 0.1) is 12.5 Å². The maximum absolute atomic E-state index is 13.6. The van der Waals surface area contributed by atoms with Gasteiger partial charge in [0.15, 0.2) is 0 Å². The van der Waals surface area contributed by atoms with Crippen molar-refractivity contribution in [3.63, 3.8) is 0 Å². The first-order chi connectivity index (χ1) is 14.0. The Morgan fingerprint density at radius 2 is 1.86 bits per heavy atom. The van der Waals surface area contributed by atoms with Crippen LogP contribution in [0, 0.1) is 5.82 Å². The van der Waals surface area contributed by atoms with E-state index in [0.29, 0.717) is 26.1 Å². The SMILES string of the molecule is COCCN1C(C)CN(C(=O)C(Cc2ccccn2)c2ccc(F)cc2)CC1C. The Kier molecular flexibility index (Phi) is 7.34. The van der Waals surface area contributed by atoms with Crippen molar-refractivity contribution >= 4 is 5.91 Å². The lowest BCUT2D eigenvalue weighted by Crippen LogP contribution is -2.59. The van der Waals surface area contributed by atoms with Gasteiger partial charge in [-0.05, 0) is 43.7 Å². The van der Waals surface area contributed by atoms with E-state index in [1.807, 2.05) is 23.1 Å². The predicted octanol–water partition coefficient (Wildman–Crippen LogP) is 3.11. The minimum Gasteiger partial charge on any atom is -0.383 e. The van der Waals surface area contributed by atoms with E-state index < -0.39 is 0 Å². The van der Waals surface area contributed by atoms with Gasteiger partial charge in [0, 0.05) is 57.1 Å². The summed E-state index contributed by atoms with van der Waals surface area (Å²) < 4.78 is 18.7. The molecule has 29 heavy (non-hydrogen) atoms. The Bertz CT molecular complexity index is 772. The fourth-order valence-corrected chi connectivity index (χ4v) is 4.17. The molecule has 0 bridgehead atoms. The lowest BCUT2D eigenvalue weighted by Gasteiger charge is -2.45. The van der Waals surface area contributed by atoms with Gasteiger partial charge in [-0.1, -0.05) is 18.2 Å². The first kappa shape index (κ1) is 21.4. The molecular formula is C23H30FN3O2. The van der Waals surface area contributed by atoms with Crippen LogP contribution >= 0.6 is 0 Å². The van der Waals surface area contributed by atoms with Gasteiger partial charge in [0.2, 0.25) is 5.91 Å². The van der Waals surface area contributed by atoms with Crippen LogP contribution in [0.4, 0.5) is 4.39 Å². The van der Waals surface area contributed by atoms with E-state index in [0.717, 1.165) is 17.8 Å². The summed E-state index contributed by atoms with van der Waals surface area (Å²) in [6.45, 7) is 7.19. The molecule has 3 rings (SSSR count). The number of halogens is 1. The molecule has 2 aromatic rings. The molecule has 2 heterocycles. The van der Waals surface area contributed by atoms with Crippen LogP contribution in [-0.4, -0.2) is 66.1 Å². The maximum atomic E-state index is 13.6. The van der Waals surface area contributed by atoms with Crippen LogP contribution in [0.3, 0.4) is 0 Å². The van der Waals surface area contributed by atoms with Gasteiger partial charge in [0.1, 0.15) is 5.82 Å². The van der Waals surface area contributed by atoms with Crippen molar-refractivity contribution in [2.24, 2.45) is 0 Å². The van der Waals surface area contributed by atoms with Gasteiger partial charge in [0.25, 0.3) is 0 Å². The minimum absolute atomic E-state index is 0.0763. The molecule has 0 radical (unpaired) electrons. The van der Waals surface area contributed by atoms with Crippen LogP contribution < -0.4 is 0 Å². The number of carbonyl (C=O) groups excluding carboxylic acids is 1. The molecule has 5 nitrogen and oxygen atoms in total. The molecule has 1 aliphatic rings. The molecule has 0 saturated carbocycles. The topological polar surface area (TPSA) is 45.7 Å². The summed E-state index contributed by atoms with van der Waals surface area (Å²) in [5.41, 5.74) is 1.68. The van der Waals surface area contributed by atoms with E-state index in [4.69, 9.17) is 4.74 Å². The predicted molar refractivity (Wildman–Crippen MR) is 111 cm³/mol. The molecule has 1 fully saturated rings. The summed E-state index contributed by atoms with van der Waals surface area (Å²) in [7, 11) is 1.71. The van der Waals surface area contributed by atoms with Gasteiger partial charge < -0.3 is 9.64 Å². The normalized spacial score (nSPS) is 21.2. The third kappa shape index (κ3) is 5.40. The Morgan fingerprint density at radius 1 is 1.17 bits per heavy atom. The number of hydrogen-bond donors (Lipinski definition) is 0. The Hall–Kier alpha value is -2.31. The van der Waals surface area contributed by atoms with Crippen molar-refractivity contribution in [2.45, 2.75) is 38.3 Å². The van der Waals surface area contributed by atoms with E-state index in [2.05, 4.69) is 23.7 Å². The number of methoxy groups -OCH3 is 1. The molecule has 1 amide bonds. The molecule has 0 aliphatic carbocycles. The minimum atomic E-state index is -0.379. The number of benzene rings is 1. The zero-order chi connectivity index (χ0) is 20.8. The Morgan fingerprint density at radius 3 is 2.45 bits per heavy atom. The molecule has 6 heteroatoms. The van der Waals surface area contributed by atoms with E-state index >= 15 is 0 Å². The van der Waals surface area contributed by atoms with Gasteiger partial charge in [-0.3, -0.25) is 14.7 Å². The molecule has 156 valence electrons. The molecule has 1 aromatic carbocycles. The number of carbonyl (C=O) groups is 1. The fraction of sp³-hybridized carbons (Fsp3) is 0.478. The van der Waals surface area contributed by atoms with E-state index in [9.17, 15) is 9.18 Å². The summed E-state index contributed by atoms with van der Waals surface area (Å²) in [6.07, 6.45) is 2.23. The van der Waals surface area contributed by atoms with Crippen LogP contribution in [0.25, 0.3) is 0 Å². The highest BCUT2D eigenvalue weighted by Gasteiger charge is 2.35. The van der Waals surface area contributed by atoms with E-state index in [1.54, 1.807) is 25.4 Å². The number of hydrogen-bond acceptors (Lipinski definition) is 4. The van der Waals surface area contributed by atoms with Crippen LogP contribution in [0.15, 0.2) is 48.7 Å². The van der Waals surface area contributed by atoms with Crippen LogP contribution in [0.5, 0.6) is 0 Å². The summed E-state index contributed by atoms with van der Waals surface area (Å²) in [5.74, 6) is -0.602. The van der Waals surface area contributed by atoms with Crippen LogP contribution in [0.1, 0.15) is 31.0 Å². The molecule has 0 spiro atoms. The third-order valence-corrected chi connectivity index (χ3v) is 5.68. The quantitative estimate of drug-likeness (QED) is 0.718. The van der Waals surface area contributed by atoms with E-state index in [1.165, 1.54) is 12.1 Å². The second-order valence-electron chi connectivity index (χ2n) is 7.80. The molecule has 0 N–H and O–H groups in total. The summed E-state index contributed by atoms with van der Waals surface area (Å²) >= 11 is 0. The number of amides is 1. The number of piperazine rings is 1. The van der Waals surface area contributed by atoms with Crippen LogP contribution in [-0.2, 0) is 16.0 Å². The molecular weight excluding hydrogens is 369 g/mol. The van der Waals surface area contributed by atoms with Gasteiger partial charge in [-0.25, -0.2) is 4.39 Å². The highest BCUT2D eigenvalue weighted by atomic mass is 19.1. The number of aromatic nitrogens is 1. The molecule has 3 unspecified atom stereocenters. The fourth-order valence-electron chi connectivity index (χ4n) is 4.17. The maximum Gasteiger partial charge on any atom is 0.230 e. The zero-order valence-corrected chi connectivity index (χ0v) is 17.4. The number of pyridine rings is 1. The lowest BCUT2D eigenvalue weighted by molar-refractivity contribution is -0.137. The highest BCUT2D eigenvalue weighted by molar-refractivity contribution is 5.84. The van der Waals surface area contributed by atoms with Gasteiger partial charge >= 0.3 is 0 Å². The highest BCUT2D eigenvalue weighted by Crippen LogP contribution is 2.26. The molecule has 1 aliphatic heterocycles. The van der Waals surface area contributed by atoms with E-state index in [-0.39, 0.29) is 29.7 Å².